The van der Waals surface area contributed by atoms with Crippen molar-refractivity contribution in [1.82, 2.24) is 0 Å². The Hall–Kier alpha value is -0.410. The van der Waals surface area contributed by atoms with E-state index in [9.17, 15) is 15.0 Å². The number of hydrogen-bond acceptors (Lipinski definition) is 3. The first-order valence-electron chi connectivity index (χ1n) is 4.79. The summed E-state index contributed by atoms with van der Waals surface area (Å²) in [5, 5.41) is 19.2. The van der Waals surface area contributed by atoms with Crippen LogP contribution in [-0.4, -0.2) is 28.2 Å². The van der Waals surface area contributed by atoms with Crippen LogP contribution >= 0.6 is 0 Å². The van der Waals surface area contributed by atoms with Crippen molar-refractivity contribution in [2.24, 2.45) is 17.3 Å². The van der Waals surface area contributed by atoms with Crippen molar-refractivity contribution < 1.29 is 15.0 Å². The molecule has 0 heterocycles. The minimum Gasteiger partial charge on any atom is -0.396 e. The molecule has 0 saturated heterocycles. The van der Waals surface area contributed by atoms with E-state index < -0.39 is 5.60 Å². The van der Waals surface area contributed by atoms with E-state index in [2.05, 4.69) is 0 Å². The maximum Gasteiger partial charge on any atom is 0.164 e. The van der Waals surface area contributed by atoms with E-state index in [1.54, 1.807) is 6.92 Å². The molecule has 2 N–H and O–H groups in total. The van der Waals surface area contributed by atoms with Gasteiger partial charge in [-0.1, -0.05) is 6.92 Å². The van der Waals surface area contributed by atoms with Crippen LogP contribution in [0.25, 0.3) is 0 Å². The standard InChI is InChI=1S/C10H16O3/c1-9(5-11)6-3-7(9)10(2,13)8(12)4-6/h6-7,11,13H,3-5H2,1-2H3/t6-,7+,9+,10+/m1/s1. The summed E-state index contributed by atoms with van der Waals surface area (Å²) in [6.07, 6.45) is 1.32. The van der Waals surface area contributed by atoms with Crippen molar-refractivity contribution in [1.29, 1.82) is 0 Å². The van der Waals surface area contributed by atoms with Gasteiger partial charge in [-0.3, -0.25) is 4.79 Å². The molecule has 3 aliphatic carbocycles. The fraction of sp³-hybridized carbons (Fsp3) is 0.900. The monoisotopic (exact) mass is 184 g/mol. The summed E-state index contributed by atoms with van der Waals surface area (Å²) in [6.45, 7) is 3.63. The third-order valence-electron chi connectivity index (χ3n) is 4.26. The maximum atomic E-state index is 11.4. The number of aliphatic hydroxyl groups is 2. The molecule has 4 atom stereocenters. The lowest BCUT2D eigenvalue weighted by Gasteiger charge is -2.62. The smallest absolute Gasteiger partial charge is 0.164 e. The molecular formula is C10H16O3. The molecule has 2 bridgehead atoms. The zero-order chi connectivity index (χ0) is 9.85. The zero-order valence-electron chi connectivity index (χ0n) is 8.08. The van der Waals surface area contributed by atoms with Crippen molar-refractivity contribution in [3.63, 3.8) is 0 Å². The van der Waals surface area contributed by atoms with E-state index in [0.29, 0.717) is 6.42 Å². The highest BCUT2D eigenvalue weighted by Crippen LogP contribution is 2.61. The van der Waals surface area contributed by atoms with Gasteiger partial charge in [-0.2, -0.15) is 0 Å². The molecule has 3 aliphatic rings. The lowest BCUT2D eigenvalue weighted by Crippen LogP contribution is -2.67. The minimum absolute atomic E-state index is 0.0451. The summed E-state index contributed by atoms with van der Waals surface area (Å²) in [7, 11) is 0. The second-order valence-electron chi connectivity index (χ2n) is 4.92. The van der Waals surface area contributed by atoms with E-state index in [1.807, 2.05) is 6.92 Å². The Kier molecular flexibility index (Phi) is 1.65. The van der Waals surface area contributed by atoms with Gasteiger partial charge in [0.05, 0.1) is 0 Å². The van der Waals surface area contributed by atoms with Gasteiger partial charge in [0.25, 0.3) is 0 Å². The Morgan fingerprint density at radius 1 is 1.54 bits per heavy atom. The highest BCUT2D eigenvalue weighted by atomic mass is 16.3. The normalized spacial score (nSPS) is 54.6. The van der Waals surface area contributed by atoms with Gasteiger partial charge < -0.3 is 10.2 Å². The van der Waals surface area contributed by atoms with E-state index in [0.717, 1.165) is 6.42 Å². The van der Waals surface area contributed by atoms with Gasteiger partial charge in [0.15, 0.2) is 5.78 Å². The van der Waals surface area contributed by atoms with Crippen molar-refractivity contribution in [2.45, 2.75) is 32.3 Å². The van der Waals surface area contributed by atoms with Crippen molar-refractivity contribution in [3.05, 3.63) is 0 Å². The lowest BCUT2D eigenvalue weighted by molar-refractivity contribution is -0.210. The van der Waals surface area contributed by atoms with E-state index in [1.165, 1.54) is 0 Å². The molecule has 0 aliphatic heterocycles. The molecule has 0 aromatic carbocycles. The van der Waals surface area contributed by atoms with Gasteiger partial charge in [0.2, 0.25) is 0 Å². The largest absolute Gasteiger partial charge is 0.396 e. The number of rotatable bonds is 1. The molecule has 13 heavy (non-hydrogen) atoms. The Labute approximate surface area is 77.8 Å². The Bertz CT molecular complexity index is 259. The summed E-state index contributed by atoms with van der Waals surface area (Å²) < 4.78 is 0. The van der Waals surface area contributed by atoms with Gasteiger partial charge >= 0.3 is 0 Å². The first kappa shape index (κ1) is 9.16. The summed E-state index contributed by atoms with van der Waals surface area (Å²) >= 11 is 0. The molecule has 0 aromatic rings. The lowest BCUT2D eigenvalue weighted by atomic mass is 9.43. The number of Topliss-reactive ketones (excluding diaryl/α,β-unsaturated/α-hetero) is 1. The van der Waals surface area contributed by atoms with Gasteiger partial charge in [-0.15, -0.1) is 0 Å². The second-order valence-corrected chi connectivity index (χ2v) is 4.92. The Balaban J connectivity index is 2.31. The first-order chi connectivity index (χ1) is 5.93. The fourth-order valence-electron chi connectivity index (χ4n) is 3.00. The van der Waals surface area contributed by atoms with Crippen LogP contribution in [0.5, 0.6) is 0 Å². The third-order valence-corrected chi connectivity index (χ3v) is 4.26. The van der Waals surface area contributed by atoms with Crippen molar-refractivity contribution in [2.75, 3.05) is 6.61 Å². The topological polar surface area (TPSA) is 57.5 Å². The molecule has 3 heteroatoms. The highest BCUT2D eigenvalue weighted by molar-refractivity contribution is 5.89. The van der Waals surface area contributed by atoms with Gasteiger partial charge in [0.1, 0.15) is 5.60 Å². The van der Waals surface area contributed by atoms with Crippen LogP contribution in [0.15, 0.2) is 0 Å². The quantitative estimate of drug-likeness (QED) is 0.618. The minimum atomic E-state index is -1.20. The molecule has 3 fully saturated rings. The average Bonchev–Trinajstić information content (AvgIpc) is 2.07. The number of carbonyl (C=O) groups excluding carboxylic acids is 1. The van der Waals surface area contributed by atoms with Crippen LogP contribution < -0.4 is 0 Å². The van der Waals surface area contributed by atoms with E-state index in [4.69, 9.17) is 0 Å². The molecule has 3 nitrogen and oxygen atoms in total. The molecule has 74 valence electrons. The molecule has 3 rings (SSSR count). The molecule has 0 amide bonds. The van der Waals surface area contributed by atoms with Gasteiger partial charge in [-0.05, 0) is 24.7 Å². The third kappa shape index (κ3) is 0.891. The number of ketones is 1. The summed E-state index contributed by atoms with van der Waals surface area (Å²) in [4.78, 5) is 11.4. The van der Waals surface area contributed by atoms with E-state index in [-0.39, 0.29) is 29.6 Å². The Morgan fingerprint density at radius 2 is 2.15 bits per heavy atom. The number of aliphatic hydroxyl groups excluding tert-OH is 1. The van der Waals surface area contributed by atoms with Gasteiger partial charge in [-0.25, -0.2) is 0 Å². The molecular weight excluding hydrogens is 168 g/mol. The van der Waals surface area contributed by atoms with Crippen molar-refractivity contribution in [3.8, 4) is 0 Å². The average molecular weight is 184 g/mol. The fourth-order valence-corrected chi connectivity index (χ4v) is 3.00. The van der Waals surface area contributed by atoms with Crippen LogP contribution in [0.2, 0.25) is 0 Å². The summed E-state index contributed by atoms with van der Waals surface area (Å²) in [5.74, 6) is 0.186. The second kappa shape index (κ2) is 2.34. The maximum absolute atomic E-state index is 11.4. The summed E-state index contributed by atoms with van der Waals surface area (Å²) in [5.41, 5.74) is -1.43. The van der Waals surface area contributed by atoms with Crippen LogP contribution in [0.1, 0.15) is 26.7 Å². The Morgan fingerprint density at radius 3 is 2.62 bits per heavy atom. The molecule has 0 radical (unpaired) electrons. The van der Waals surface area contributed by atoms with Crippen LogP contribution in [0, 0.1) is 17.3 Å². The number of fused-ring (bicyclic) bond motifs is 2. The SMILES string of the molecule is C[C@]1(CO)[C@H]2CC(=O)[C@@](C)(O)[C@H]1C2. The molecule has 0 aromatic heterocycles. The predicted molar refractivity (Wildman–Crippen MR) is 47.0 cm³/mol. The molecule has 0 unspecified atom stereocenters. The molecule has 3 saturated carbocycles. The highest BCUT2D eigenvalue weighted by Gasteiger charge is 2.64. The van der Waals surface area contributed by atoms with Crippen LogP contribution in [-0.2, 0) is 4.79 Å². The number of hydrogen-bond donors (Lipinski definition) is 2. The predicted octanol–water partition coefficient (Wildman–Crippen LogP) is 0.345. The van der Waals surface area contributed by atoms with Crippen LogP contribution in [0.3, 0.4) is 0 Å². The first-order valence-corrected chi connectivity index (χ1v) is 4.79. The molecule has 0 spiro atoms. The van der Waals surface area contributed by atoms with Crippen molar-refractivity contribution >= 4 is 5.78 Å². The number of carbonyl (C=O) groups is 1. The van der Waals surface area contributed by atoms with Crippen LogP contribution in [0.4, 0.5) is 0 Å². The zero-order valence-corrected chi connectivity index (χ0v) is 8.08. The van der Waals surface area contributed by atoms with Gasteiger partial charge in [0, 0.05) is 18.9 Å². The van der Waals surface area contributed by atoms with E-state index >= 15 is 0 Å². The summed E-state index contributed by atoms with van der Waals surface area (Å²) in [6, 6.07) is 0.